The second kappa shape index (κ2) is 10.3. The Bertz CT molecular complexity index is 904. The molecule has 0 saturated carbocycles. The molecule has 0 aliphatic carbocycles. The lowest BCUT2D eigenvalue weighted by Crippen LogP contribution is -2.24. The number of hydrogen-bond donors (Lipinski definition) is 2. The summed E-state index contributed by atoms with van der Waals surface area (Å²) < 4.78 is 25.2. The van der Waals surface area contributed by atoms with Crippen LogP contribution < -0.4 is 4.72 Å². The molecule has 0 aliphatic rings. The topological polar surface area (TPSA) is 66.4 Å². The van der Waals surface area contributed by atoms with Gasteiger partial charge in [0.25, 0.3) is 0 Å². The molecule has 0 atom stereocenters. The molecule has 0 fully saturated rings. The van der Waals surface area contributed by atoms with E-state index in [1.54, 1.807) is 0 Å². The molecule has 0 heterocycles. The van der Waals surface area contributed by atoms with E-state index < -0.39 is 10.0 Å². The van der Waals surface area contributed by atoms with Crippen molar-refractivity contribution in [1.29, 1.82) is 0 Å². The molecule has 2 aromatic rings. The molecule has 2 aromatic carbocycles. The minimum absolute atomic E-state index is 0.0165. The molecule has 2 rings (SSSR count). The number of unbranched alkanes of at least 4 members (excludes halogenated alkanes) is 3. The molecule has 0 spiro atoms. The zero-order chi connectivity index (χ0) is 21.5. The molecule has 4 nitrogen and oxygen atoms in total. The lowest BCUT2D eigenvalue weighted by Gasteiger charge is -2.26. The van der Waals surface area contributed by atoms with Crippen LogP contribution in [0.3, 0.4) is 0 Å². The van der Waals surface area contributed by atoms with E-state index in [1.807, 2.05) is 36.4 Å². The van der Waals surface area contributed by atoms with Crippen LogP contribution in [0.4, 0.5) is 0 Å². The predicted octanol–water partition coefficient (Wildman–Crippen LogP) is 5.40. The standard InChI is InChI=1S/C24H35NO3S/c1-5-6-7-10-16-24(2,3)20-13-14-22(23(26)18-20)21-12-9-8-11-19(21)15-17-25-29(4,27)28/h8-9,11-14,18,25-26H,5-7,10,15-17H2,1-4H3. The molecule has 0 radical (unpaired) electrons. The Labute approximate surface area is 176 Å². The number of sulfonamides is 1. The van der Waals surface area contributed by atoms with Crippen molar-refractivity contribution in [3.63, 3.8) is 0 Å². The Morgan fingerprint density at radius 1 is 1.00 bits per heavy atom. The van der Waals surface area contributed by atoms with Gasteiger partial charge < -0.3 is 5.11 Å². The van der Waals surface area contributed by atoms with Crippen molar-refractivity contribution in [3.05, 3.63) is 53.6 Å². The van der Waals surface area contributed by atoms with Gasteiger partial charge in [-0.15, -0.1) is 0 Å². The maximum atomic E-state index is 11.3. The summed E-state index contributed by atoms with van der Waals surface area (Å²) in [7, 11) is -3.21. The third-order valence-corrected chi connectivity index (χ3v) is 6.23. The number of hydrogen-bond acceptors (Lipinski definition) is 3. The van der Waals surface area contributed by atoms with Gasteiger partial charge in [0.05, 0.1) is 6.26 Å². The van der Waals surface area contributed by atoms with Crippen LogP contribution in [0.5, 0.6) is 5.75 Å². The Kier molecular flexibility index (Phi) is 8.29. The van der Waals surface area contributed by atoms with E-state index >= 15 is 0 Å². The second-order valence-electron chi connectivity index (χ2n) is 8.50. The molecular weight excluding hydrogens is 382 g/mol. The van der Waals surface area contributed by atoms with E-state index in [-0.39, 0.29) is 11.2 Å². The summed E-state index contributed by atoms with van der Waals surface area (Å²) in [5.41, 5.74) is 3.89. The van der Waals surface area contributed by atoms with Crippen molar-refractivity contribution in [2.24, 2.45) is 0 Å². The van der Waals surface area contributed by atoms with Crippen LogP contribution in [0.2, 0.25) is 0 Å². The maximum absolute atomic E-state index is 11.3. The average Bonchev–Trinajstić information content (AvgIpc) is 2.65. The summed E-state index contributed by atoms with van der Waals surface area (Å²) in [6.45, 7) is 7.02. The van der Waals surface area contributed by atoms with E-state index in [4.69, 9.17) is 0 Å². The maximum Gasteiger partial charge on any atom is 0.208 e. The monoisotopic (exact) mass is 417 g/mol. The van der Waals surface area contributed by atoms with Gasteiger partial charge in [-0.25, -0.2) is 13.1 Å². The first-order valence-electron chi connectivity index (χ1n) is 10.5. The second-order valence-corrected chi connectivity index (χ2v) is 10.3. The summed E-state index contributed by atoms with van der Waals surface area (Å²) >= 11 is 0. The van der Waals surface area contributed by atoms with Crippen molar-refractivity contribution < 1.29 is 13.5 Å². The van der Waals surface area contributed by atoms with Crippen LogP contribution in [-0.2, 0) is 21.9 Å². The highest BCUT2D eigenvalue weighted by Gasteiger charge is 2.22. The van der Waals surface area contributed by atoms with Crippen molar-refractivity contribution in [2.45, 2.75) is 64.7 Å². The number of phenols is 1. The van der Waals surface area contributed by atoms with E-state index in [9.17, 15) is 13.5 Å². The first-order valence-corrected chi connectivity index (χ1v) is 12.4. The molecule has 0 aromatic heterocycles. The molecule has 5 heteroatoms. The van der Waals surface area contributed by atoms with E-state index in [0.717, 1.165) is 34.9 Å². The van der Waals surface area contributed by atoms with Gasteiger partial charge in [-0.05, 0) is 41.0 Å². The number of rotatable bonds is 11. The lowest BCUT2D eigenvalue weighted by atomic mass is 9.79. The Balaban J connectivity index is 2.20. The van der Waals surface area contributed by atoms with Gasteiger partial charge in [0.2, 0.25) is 10.0 Å². The normalized spacial score (nSPS) is 12.3. The van der Waals surface area contributed by atoms with Crippen molar-refractivity contribution in [2.75, 3.05) is 12.8 Å². The molecule has 0 amide bonds. The van der Waals surface area contributed by atoms with Gasteiger partial charge in [0.15, 0.2) is 0 Å². The zero-order valence-corrected chi connectivity index (χ0v) is 19.0. The summed E-state index contributed by atoms with van der Waals surface area (Å²) in [4.78, 5) is 0. The first-order chi connectivity index (χ1) is 13.6. The van der Waals surface area contributed by atoms with Gasteiger partial charge in [-0.1, -0.05) is 82.9 Å². The lowest BCUT2D eigenvalue weighted by molar-refractivity contribution is 0.438. The molecule has 0 bridgehead atoms. The van der Waals surface area contributed by atoms with Crippen LogP contribution in [0.25, 0.3) is 11.1 Å². The third kappa shape index (κ3) is 7.16. The predicted molar refractivity (Wildman–Crippen MR) is 122 cm³/mol. The quantitative estimate of drug-likeness (QED) is 0.481. The SMILES string of the molecule is CCCCCCC(C)(C)c1ccc(-c2ccccc2CCNS(C)(=O)=O)c(O)c1. The van der Waals surface area contributed by atoms with E-state index in [1.165, 1.54) is 25.7 Å². The van der Waals surface area contributed by atoms with Crippen LogP contribution in [-0.4, -0.2) is 26.3 Å². The summed E-state index contributed by atoms with van der Waals surface area (Å²) in [5, 5.41) is 10.8. The molecule has 0 aliphatic heterocycles. The van der Waals surface area contributed by atoms with Gasteiger partial charge >= 0.3 is 0 Å². The number of phenolic OH excluding ortho intramolecular Hbond substituents is 1. The fraction of sp³-hybridized carbons (Fsp3) is 0.500. The minimum atomic E-state index is -3.21. The van der Waals surface area contributed by atoms with Crippen LogP contribution in [0.15, 0.2) is 42.5 Å². The van der Waals surface area contributed by atoms with Gasteiger partial charge in [0, 0.05) is 12.1 Å². The highest BCUT2D eigenvalue weighted by molar-refractivity contribution is 7.88. The van der Waals surface area contributed by atoms with E-state index in [0.29, 0.717) is 13.0 Å². The smallest absolute Gasteiger partial charge is 0.208 e. The number of benzene rings is 2. The van der Waals surface area contributed by atoms with Crippen molar-refractivity contribution in [1.82, 2.24) is 4.72 Å². The van der Waals surface area contributed by atoms with Gasteiger partial charge in [-0.2, -0.15) is 0 Å². The first kappa shape index (κ1) is 23.4. The van der Waals surface area contributed by atoms with Crippen LogP contribution in [0, 0.1) is 0 Å². The fourth-order valence-corrected chi connectivity index (χ4v) is 4.16. The molecule has 160 valence electrons. The van der Waals surface area contributed by atoms with Crippen molar-refractivity contribution in [3.8, 4) is 16.9 Å². The third-order valence-electron chi connectivity index (χ3n) is 5.50. The Morgan fingerprint density at radius 3 is 2.38 bits per heavy atom. The number of nitrogens with one attached hydrogen (secondary N) is 1. The highest BCUT2D eigenvalue weighted by Crippen LogP contribution is 2.37. The molecule has 0 saturated heterocycles. The van der Waals surface area contributed by atoms with E-state index in [2.05, 4.69) is 31.6 Å². The van der Waals surface area contributed by atoms with Crippen LogP contribution in [0.1, 0.15) is 64.0 Å². The number of aromatic hydroxyl groups is 1. The fourth-order valence-electron chi connectivity index (χ4n) is 3.69. The Morgan fingerprint density at radius 2 is 1.72 bits per heavy atom. The molecule has 2 N–H and O–H groups in total. The van der Waals surface area contributed by atoms with Gasteiger partial charge in [-0.3, -0.25) is 0 Å². The Hall–Kier alpha value is -1.85. The minimum Gasteiger partial charge on any atom is -0.507 e. The summed E-state index contributed by atoms with van der Waals surface area (Å²) in [5.74, 6) is 0.271. The zero-order valence-electron chi connectivity index (χ0n) is 18.2. The molecular formula is C24H35NO3S. The molecule has 0 unspecified atom stereocenters. The van der Waals surface area contributed by atoms with Crippen molar-refractivity contribution >= 4 is 10.0 Å². The molecule has 29 heavy (non-hydrogen) atoms. The largest absolute Gasteiger partial charge is 0.507 e. The average molecular weight is 418 g/mol. The van der Waals surface area contributed by atoms with Crippen LogP contribution >= 0.6 is 0 Å². The summed E-state index contributed by atoms with van der Waals surface area (Å²) in [6, 6.07) is 13.8. The summed E-state index contributed by atoms with van der Waals surface area (Å²) in [6.07, 6.45) is 7.76. The van der Waals surface area contributed by atoms with Gasteiger partial charge in [0.1, 0.15) is 5.75 Å². The highest BCUT2D eigenvalue weighted by atomic mass is 32.2.